The average Bonchev–Trinajstić information content (AvgIpc) is 2.94. The monoisotopic (exact) mass is 312 g/mol. The van der Waals surface area contributed by atoms with E-state index in [1.54, 1.807) is 23.5 Å². The Morgan fingerprint density at radius 3 is 2.73 bits per heavy atom. The molecule has 0 spiro atoms. The number of aromatic nitrogens is 1. The molecule has 1 amide bonds. The predicted octanol–water partition coefficient (Wildman–Crippen LogP) is 4.51. The molecule has 3 aromatic rings. The Morgan fingerprint density at radius 1 is 1.18 bits per heavy atom. The zero-order valence-electron chi connectivity index (χ0n) is 11.8. The molecule has 0 aliphatic heterocycles. The summed E-state index contributed by atoms with van der Waals surface area (Å²) in [5, 5.41) is 5.73. The highest BCUT2D eigenvalue weighted by atomic mass is 32.1. The summed E-state index contributed by atoms with van der Waals surface area (Å²) >= 11 is 1.55. The highest BCUT2D eigenvalue weighted by molar-refractivity contribution is 7.09. The number of para-hydroxylation sites is 1. The second-order valence-electron chi connectivity index (χ2n) is 4.76. The first-order valence-corrected chi connectivity index (χ1v) is 7.60. The number of carbonyl (C=O) groups excluding carboxylic acids is 1. The van der Waals surface area contributed by atoms with Crippen molar-refractivity contribution < 1.29 is 9.18 Å². The van der Waals surface area contributed by atoms with Gasteiger partial charge in [-0.2, -0.15) is 0 Å². The number of hydrogen-bond donors (Lipinski definition) is 1. The second-order valence-corrected chi connectivity index (χ2v) is 5.82. The van der Waals surface area contributed by atoms with Crippen LogP contribution in [0.3, 0.4) is 0 Å². The summed E-state index contributed by atoms with van der Waals surface area (Å²) in [6, 6.07) is 13.0. The number of rotatable bonds is 3. The lowest BCUT2D eigenvalue weighted by Gasteiger charge is -2.09. The highest BCUT2D eigenvalue weighted by Crippen LogP contribution is 2.29. The average molecular weight is 312 g/mol. The van der Waals surface area contributed by atoms with Gasteiger partial charge in [0, 0.05) is 16.5 Å². The number of hydrogen-bond acceptors (Lipinski definition) is 3. The van der Waals surface area contributed by atoms with Crippen molar-refractivity contribution in [3.05, 3.63) is 70.3 Å². The molecule has 3 rings (SSSR count). The Balaban J connectivity index is 1.91. The molecule has 0 unspecified atom stereocenters. The largest absolute Gasteiger partial charge is 0.321 e. The van der Waals surface area contributed by atoms with Gasteiger partial charge in [0.05, 0.1) is 16.4 Å². The Labute approximate surface area is 131 Å². The fourth-order valence-electron chi connectivity index (χ4n) is 2.13. The first-order valence-electron chi connectivity index (χ1n) is 6.72. The Hall–Kier alpha value is -2.53. The van der Waals surface area contributed by atoms with Crippen LogP contribution in [0.1, 0.15) is 15.4 Å². The zero-order chi connectivity index (χ0) is 15.5. The standard InChI is InChI=1S/C17H13FN2OS/c1-11-19-16(10-22-11)14-7-2-3-8-15(14)20-17(21)12-5-4-6-13(18)9-12/h2-10H,1H3,(H,20,21). The molecule has 0 aliphatic rings. The lowest BCUT2D eigenvalue weighted by atomic mass is 10.1. The molecule has 0 fully saturated rings. The maximum absolute atomic E-state index is 13.2. The molecular formula is C17H13FN2OS. The Morgan fingerprint density at radius 2 is 2.00 bits per heavy atom. The van der Waals surface area contributed by atoms with Crippen LogP contribution >= 0.6 is 11.3 Å². The predicted molar refractivity (Wildman–Crippen MR) is 86.6 cm³/mol. The van der Waals surface area contributed by atoms with Gasteiger partial charge in [-0.15, -0.1) is 11.3 Å². The number of thiazole rings is 1. The van der Waals surface area contributed by atoms with Gasteiger partial charge in [-0.25, -0.2) is 9.37 Å². The van der Waals surface area contributed by atoms with Crippen molar-refractivity contribution in [3.8, 4) is 11.3 Å². The van der Waals surface area contributed by atoms with E-state index in [1.165, 1.54) is 18.2 Å². The maximum Gasteiger partial charge on any atom is 0.255 e. The van der Waals surface area contributed by atoms with Gasteiger partial charge in [-0.3, -0.25) is 4.79 Å². The second kappa shape index (κ2) is 6.07. The van der Waals surface area contributed by atoms with E-state index in [4.69, 9.17) is 0 Å². The van der Waals surface area contributed by atoms with Crippen molar-refractivity contribution in [2.75, 3.05) is 5.32 Å². The van der Waals surface area contributed by atoms with E-state index >= 15 is 0 Å². The quantitative estimate of drug-likeness (QED) is 0.773. The van der Waals surface area contributed by atoms with Crippen LogP contribution in [0.5, 0.6) is 0 Å². The van der Waals surface area contributed by atoms with Crippen LogP contribution in [-0.2, 0) is 0 Å². The van der Waals surface area contributed by atoms with Crippen molar-refractivity contribution in [2.24, 2.45) is 0 Å². The number of carbonyl (C=O) groups is 1. The number of halogens is 1. The van der Waals surface area contributed by atoms with Gasteiger partial charge in [0.25, 0.3) is 5.91 Å². The molecule has 0 aliphatic carbocycles. The van der Waals surface area contributed by atoms with Gasteiger partial charge in [-0.1, -0.05) is 24.3 Å². The van der Waals surface area contributed by atoms with Crippen LogP contribution in [0.15, 0.2) is 53.9 Å². The molecule has 1 aromatic heterocycles. The van der Waals surface area contributed by atoms with E-state index < -0.39 is 5.82 Å². The summed E-state index contributed by atoms with van der Waals surface area (Å²) in [7, 11) is 0. The van der Waals surface area contributed by atoms with Crippen LogP contribution in [0.25, 0.3) is 11.3 Å². The van der Waals surface area contributed by atoms with E-state index in [9.17, 15) is 9.18 Å². The third-order valence-electron chi connectivity index (χ3n) is 3.16. The minimum atomic E-state index is -0.434. The first kappa shape index (κ1) is 14.4. The van der Waals surface area contributed by atoms with Crippen LogP contribution in [0.4, 0.5) is 10.1 Å². The molecule has 0 bridgehead atoms. The molecule has 0 saturated carbocycles. The summed E-state index contributed by atoms with van der Waals surface area (Å²) in [6.07, 6.45) is 0. The number of amides is 1. The molecule has 0 radical (unpaired) electrons. The number of nitrogens with one attached hydrogen (secondary N) is 1. The van der Waals surface area contributed by atoms with Gasteiger partial charge in [0.2, 0.25) is 0 Å². The summed E-state index contributed by atoms with van der Waals surface area (Å²) in [6.45, 7) is 1.93. The highest BCUT2D eigenvalue weighted by Gasteiger charge is 2.12. The molecule has 110 valence electrons. The van der Waals surface area contributed by atoms with Crippen LogP contribution in [-0.4, -0.2) is 10.9 Å². The van der Waals surface area contributed by atoms with E-state index in [0.29, 0.717) is 5.69 Å². The number of aryl methyl sites for hydroxylation is 1. The van der Waals surface area contributed by atoms with E-state index in [2.05, 4.69) is 10.3 Å². The number of anilines is 1. The van der Waals surface area contributed by atoms with Crippen molar-refractivity contribution in [1.29, 1.82) is 0 Å². The molecule has 0 atom stereocenters. The summed E-state index contributed by atoms with van der Waals surface area (Å²) < 4.78 is 13.2. The molecular weight excluding hydrogens is 299 g/mol. The smallest absolute Gasteiger partial charge is 0.255 e. The van der Waals surface area contributed by atoms with Crippen molar-refractivity contribution in [3.63, 3.8) is 0 Å². The van der Waals surface area contributed by atoms with Gasteiger partial charge < -0.3 is 5.32 Å². The minimum Gasteiger partial charge on any atom is -0.321 e. The fourth-order valence-corrected chi connectivity index (χ4v) is 2.74. The molecule has 0 saturated heterocycles. The number of nitrogens with zero attached hydrogens (tertiary/aromatic N) is 1. The van der Waals surface area contributed by atoms with Gasteiger partial charge >= 0.3 is 0 Å². The SMILES string of the molecule is Cc1nc(-c2ccccc2NC(=O)c2cccc(F)c2)cs1. The van der Waals surface area contributed by atoms with Gasteiger partial charge in [0.1, 0.15) is 5.82 Å². The maximum atomic E-state index is 13.2. The molecule has 3 nitrogen and oxygen atoms in total. The lowest BCUT2D eigenvalue weighted by molar-refractivity contribution is 0.102. The lowest BCUT2D eigenvalue weighted by Crippen LogP contribution is -2.12. The Kier molecular flexibility index (Phi) is 3.98. The fraction of sp³-hybridized carbons (Fsp3) is 0.0588. The minimum absolute atomic E-state index is 0.282. The number of benzene rings is 2. The van der Waals surface area contributed by atoms with E-state index in [0.717, 1.165) is 16.3 Å². The van der Waals surface area contributed by atoms with Crippen LogP contribution in [0, 0.1) is 12.7 Å². The third-order valence-corrected chi connectivity index (χ3v) is 3.93. The summed E-state index contributed by atoms with van der Waals surface area (Å²) in [5.74, 6) is -0.782. The van der Waals surface area contributed by atoms with Gasteiger partial charge in [-0.05, 0) is 31.2 Å². The zero-order valence-corrected chi connectivity index (χ0v) is 12.7. The normalized spacial score (nSPS) is 10.5. The van der Waals surface area contributed by atoms with Crippen LogP contribution < -0.4 is 5.32 Å². The molecule has 1 heterocycles. The third kappa shape index (κ3) is 3.04. The van der Waals surface area contributed by atoms with Crippen LogP contribution in [0.2, 0.25) is 0 Å². The van der Waals surface area contributed by atoms with E-state index in [1.807, 2.05) is 30.5 Å². The van der Waals surface area contributed by atoms with E-state index in [-0.39, 0.29) is 11.5 Å². The molecule has 1 N–H and O–H groups in total. The molecule has 2 aromatic carbocycles. The first-order chi connectivity index (χ1) is 10.6. The molecule has 22 heavy (non-hydrogen) atoms. The van der Waals surface area contributed by atoms with Crippen molar-refractivity contribution in [1.82, 2.24) is 4.98 Å². The van der Waals surface area contributed by atoms with Crippen molar-refractivity contribution >= 4 is 22.9 Å². The Bertz CT molecular complexity index is 829. The molecule has 5 heteroatoms. The topological polar surface area (TPSA) is 42.0 Å². The van der Waals surface area contributed by atoms with Gasteiger partial charge in [0.15, 0.2) is 0 Å². The summed E-state index contributed by atoms with van der Waals surface area (Å²) in [5.41, 5.74) is 2.60. The summed E-state index contributed by atoms with van der Waals surface area (Å²) in [4.78, 5) is 16.7. The van der Waals surface area contributed by atoms with Crippen molar-refractivity contribution in [2.45, 2.75) is 6.92 Å².